The Labute approximate surface area is 134 Å². The van der Waals surface area contributed by atoms with Crippen molar-refractivity contribution in [3.63, 3.8) is 0 Å². The molecule has 1 nitrogen and oxygen atoms in total. The monoisotopic (exact) mass is 327 g/mol. The Morgan fingerprint density at radius 3 is 2.30 bits per heavy atom. The van der Waals surface area contributed by atoms with E-state index in [-0.39, 0.29) is 6.04 Å². The van der Waals surface area contributed by atoms with Crippen LogP contribution in [-0.2, 0) is 0 Å². The molecule has 0 aliphatic heterocycles. The van der Waals surface area contributed by atoms with Crippen molar-refractivity contribution in [2.45, 2.75) is 26.8 Å². The SMILES string of the molecule is Cc1ccc(NC(C)c2ccc(Cl)c(Cl)c2Cl)c(C)c1. The maximum atomic E-state index is 6.27. The van der Waals surface area contributed by atoms with E-state index in [0.29, 0.717) is 15.1 Å². The van der Waals surface area contributed by atoms with Gasteiger partial charge >= 0.3 is 0 Å². The minimum atomic E-state index is 0.0404. The average molecular weight is 329 g/mol. The smallest absolute Gasteiger partial charge is 0.0782 e. The van der Waals surface area contributed by atoms with Crippen LogP contribution in [0.3, 0.4) is 0 Å². The van der Waals surface area contributed by atoms with Crippen molar-refractivity contribution < 1.29 is 0 Å². The van der Waals surface area contributed by atoms with Crippen LogP contribution in [0, 0.1) is 13.8 Å². The zero-order chi connectivity index (χ0) is 14.9. The molecule has 2 aromatic rings. The van der Waals surface area contributed by atoms with Crippen molar-refractivity contribution in [2.24, 2.45) is 0 Å². The first-order valence-corrected chi connectivity index (χ1v) is 7.50. The summed E-state index contributed by atoms with van der Waals surface area (Å²) in [6.45, 7) is 6.21. The molecule has 2 rings (SSSR count). The Hall–Kier alpha value is -0.890. The van der Waals surface area contributed by atoms with Crippen LogP contribution in [0.25, 0.3) is 0 Å². The largest absolute Gasteiger partial charge is 0.378 e. The molecule has 106 valence electrons. The number of hydrogen-bond donors (Lipinski definition) is 1. The summed E-state index contributed by atoms with van der Waals surface area (Å²) in [5, 5.41) is 4.83. The third-order valence-electron chi connectivity index (χ3n) is 3.29. The third kappa shape index (κ3) is 3.22. The maximum absolute atomic E-state index is 6.27. The quantitative estimate of drug-likeness (QED) is 0.639. The molecular weight excluding hydrogens is 313 g/mol. The Balaban J connectivity index is 2.28. The van der Waals surface area contributed by atoms with Gasteiger partial charge in [0.2, 0.25) is 0 Å². The van der Waals surface area contributed by atoms with E-state index in [2.05, 4.69) is 37.4 Å². The normalized spacial score (nSPS) is 12.3. The molecule has 1 atom stereocenters. The van der Waals surface area contributed by atoms with Crippen LogP contribution >= 0.6 is 34.8 Å². The molecule has 0 aliphatic carbocycles. The Bertz CT molecular complexity index is 638. The molecule has 1 N–H and O–H groups in total. The van der Waals surface area contributed by atoms with Gasteiger partial charge in [-0.25, -0.2) is 0 Å². The number of hydrogen-bond acceptors (Lipinski definition) is 1. The lowest BCUT2D eigenvalue weighted by Crippen LogP contribution is -2.08. The second-order valence-electron chi connectivity index (χ2n) is 4.95. The van der Waals surface area contributed by atoms with Crippen LogP contribution in [0.15, 0.2) is 30.3 Å². The van der Waals surface area contributed by atoms with Gasteiger partial charge in [-0.1, -0.05) is 58.6 Å². The van der Waals surface area contributed by atoms with Crippen molar-refractivity contribution in [1.82, 2.24) is 0 Å². The highest BCUT2D eigenvalue weighted by atomic mass is 35.5. The lowest BCUT2D eigenvalue weighted by molar-refractivity contribution is 0.883. The highest BCUT2D eigenvalue weighted by Gasteiger charge is 2.14. The first kappa shape index (κ1) is 15.5. The van der Waals surface area contributed by atoms with Crippen LogP contribution in [-0.4, -0.2) is 0 Å². The van der Waals surface area contributed by atoms with Crippen LogP contribution in [0.4, 0.5) is 5.69 Å². The molecule has 0 aliphatic rings. The van der Waals surface area contributed by atoms with Gasteiger partial charge in [0, 0.05) is 5.69 Å². The molecule has 2 aromatic carbocycles. The van der Waals surface area contributed by atoms with Crippen molar-refractivity contribution in [1.29, 1.82) is 0 Å². The first-order chi connectivity index (χ1) is 9.40. The summed E-state index contributed by atoms with van der Waals surface area (Å²) in [6, 6.07) is 10.0. The fraction of sp³-hybridized carbons (Fsp3) is 0.250. The van der Waals surface area contributed by atoms with Gasteiger partial charge in [-0.3, -0.25) is 0 Å². The molecule has 0 spiro atoms. The molecule has 0 radical (unpaired) electrons. The van der Waals surface area contributed by atoms with E-state index >= 15 is 0 Å². The maximum Gasteiger partial charge on any atom is 0.0782 e. The summed E-state index contributed by atoms with van der Waals surface area (Å²) in [5.74, 6) is 0. The van der Waals surface area contributed by atoms with Crippen molar-refractivity contribution in [2.75, 3.05) is 5.32 Å². The second kappa shape index (κ2) is 6.26. The summed E-state index contributed by atoms with van der Waals surface area (Å²) >= 11 is 18.3. The van der Waals surface area contributed by atoms with E-state index < -0.39 is 0 Å². The fourth-order valence-corrected chi connectivity index (χ4v) is 2.87. The number of anilines is 1. The van der Waals surface area contributed by atoms with Crippen molar-refractivity contribution in [3.05, 3.63) is 62.1 Å². The lowest BCUT2D eigenvalue weighted by atomic mass is 10.1. The molecule has 1 unspecified atom stereocenters. The molecule has 0 bridgehead atoms. The molecule has 0 saturated heterocycles. The van der Waals surface area contributed by atoms with E-state index in [1.807, 2.05) is 13.0 Å². The lowest BCUT2D eigenvalue weighted by Gasteiger charge is -2.19. The van der Waals surface area contributed by atoms with Gasteiger partial charge in [0.1, 0.15) is 0 Å². The highest BCUT2D eigenvalue weighted by Crippen LogP contribution is 2.36. The highest BCUT2D eigenvalue weighted by molar-refractivity contribution is 6.48. The van der Waals surface area contributed by atoms with Crippen LogP contribution in [0.1, 0.15) is 29.7 Å². The number of benzene rings is 2. The fourth-order valence-electron chi connectivity index (χ4n) is 2.16. The van der Waals surface area contributed by atoms with E-state index in [0.717, 1.165) is 11.3 Å². The Kier molecular flexibility index (Phi) is 4.85. The van der Waals surface area contributed by atoms with Gasteiger partial charge in [0.25, 0.3) is 0 Å². The van der Waals surface area contributed by atoms with E-state index in [1.165, 1.54) is 11.1 Å². The number of rotatable bonds is 3. The van der Waals surface area contributed by atoms with Gasteiger partial charge in [-0.15, -0.1) is 0 Å². The summed E-state index contributed by atoms with van der Waals surface area (Å²) in [4.78, 5) is 0. The van der Waals surface area contributed by atoms with E-state index in [1.54, 1.807) is 6.07 Å². The van der Waals surface area contributed by atoms with Crippen molar-refractivity contribution in [3.8, 4) is 0 Å². The molecule has 0 aromatic heterocycles. The number of halogens is 3. The Morgan fingerprint density at radius 1 is 0.950 bits per heavy atom. The molecule has 0 saturated carbocycles. The zero-order valence-electron chi connectivity index (χ0n) is 11.6. The van der Waals surface area contributed by atoms with Crippen LogP contribution in [0.2, 0.25) is 15.1 Å². The van der Waals surface area contributed by atoms with Crippen LogP contribution in [0.5, 0.6) is 0 Å². The molecule has 0 amide bonds. The number of aryl methyl sites for hydroxylation is 2. The predicted octanol–water partition coefficient (Wildman–Crippen LogP) is 6.44. The topological polar surface area (TPSA) is 12.0 Å². The minimum absolute atomic E-state index is 0.0404. The van der Waals surface area contributed by atoms with Gasteiger partial charge in [-0.05, 0) is 44.0 Å². The summed E-state index contributed by atoms with van der Waals surface area (Å²) < 4.78 is 0. The molecule has 0 heterocycles. The molecule has 4 heteroatoms. The average Bonchev–Trinajstić information content (AvgIpc) is 2.39. The summed E-state index contributed by atoms with van der Waals surface area (Å²) in [7, 11) is 0. The second-order valence-corrected chi connectivity index (χ2v) is 6.11. The first-order valence-electron chi connectivity index (χ1n) is 6.37. The minimum Gasteiger partial charge on any atom is -0.378 e. The number of nitrogens with one attached hydrogen (secondary N) is 1. The summed E-state index contributed by atoms with van der Waals surface area (Å²) in [6.07, 6.45) is 0. The van der Waals surface area contributed by atoms with Gasteiger partial charge in [-0.2, -0.15) is 0 Å². The molecule has 20 heavy (non-hydrogen) atoms. The third-order valence-corrected chi connectivity index (χ3v) is 4.59. The zero-order valence-corrected chi connectivity index (χ0v) is 13.9. The molecule has 0 fully saturated rings. The van der Waals surface area contributed by atoms with Crippen molar-refractivity contribution >= 4 is 40.5 Å². The van der Waals surface area contributed by atoms with Gasteiger partial charge < -0.3 is 5.32 Å². The summed E-state index contributed by atoms with van der Waals surface area (Å²) in [5.41, 5.74) is 4.47. The van der Waals surface area contributed by atoms with E-state index in [9.17, 15) is 0 Å². The van der Waals surface area contributed by atoms with E-state index in [4.69, 9.17) is 34.8 Å². The van der Waals surface area contributed by atoms with Gasteiger partial charge in [0.15, 0.2) is 0 Å². The van der Waals surface area contributed by atoms with Gasteiger partial charge in [0.05, 0.1) is 21.1 Å². The predicted molar refractivity (Wildman–Crippen MR) is 89.4 cm³/mol. The standard InChI is InChI=1S/C16H16Cl3N/c1-9-4-7-14(10(2)8-9)20-11(3)12-5-6-13(17)16(19)15(12)18/h4-8,11,20H,1-3H3. The molecular formula is C16H16Cl3N. The van der Waals surface area contributed by atoms with Crippen LogP contribution < -0.4 is 5.32 Å². The Morgan fingerprint density at radius 2 is 1.65 bits per heavy atom.